The second-order valence-electron chi connectivity index (χ2n) is 9.40. The Hall–Kier alpha value is -3.50. The van der Waals surface area contributed by atoms with Crippen LogP contribution in [0.25, 0.3) is 5.69 Å². The minimum Gasteiger partial charge on any atom is -0.479 e. The van der Waals surface area contributed by atoms with E-state index in [1.165, 1.54) is 20.5 Å². The third-order valence-corrected chi connectivity index (χ3v) is 8.86. The molecular formula is C24H31FN8O6S. The summed E-state index contributed by atoms with van der Waals surface area (Å²) in [6, 6.07) is 0. The van der Waals surface area contributed by atoms with Crippen LogP contribution in [0.15, 0.2) is 18.7 Å². The average Bonchev–Trinajstić information content (AvgIpc) is 3.63. The van der Waals surface area contributed by atoms with Gasteiger partial charge in [-0.05, 0) is 26.2 Å². The van der Waals surface area contributed by atoms with Crippen molar-refractivity contribution in [3.63, 3.8) is 0 Å². The standard InChI is InChI=1S/C24H31FN8O6S/c1-4-38-16-8-17(12-32(11-16)24-26-9-15(25)10-27-24)40(34,35)13-19-30-31-21(18-6-5-7-39-18)33(19)20-22(36-2)28-14-29-23(20)37-3/h9-10,14,16-18H,4-8,11-13H2,1-3H3/t16-,17-,18-/m0/s1. The molecule has 2 fully saturated rings. The minimum absolute atomic E-state index is 0.103. The molecule has 0 aromatic carbocycles. The summed E-state index contributed by atoms with van der Waals surface area (Å²) < 4.78 is 65.6. The largest absolute Gasteiger partial charge is 0.479 e. The summed E-state index contributed by atoms with van der Waals surface area (Å²) in [5, 5.41) is 7.77. The van der Waals surface area contributed by atoms with E-state index in [0.717, 1.165) is 18.8 Å². The predicted molar refractivity (Wildman–Crippen MR) is 139 cm³/mol. The predicted octanol–water partition coefficient (Wildman–Crippen LogP) is 1.45. The molecule has 216 valence electrons. The van der Waals surface area contributed by atoms with E-state index in [4.69, 9.17) is 18.9 Å². The van der Waals surface area contributed by atoms with E-state index in [1.807, 2.05) is 6.92 Å². The summed E-state index contributed by atoms with van der Waals surface area (Å²) in [6.07, 6.45) is 4.37. The van der Waals surface area contributed by atoms with Gasteiger partial charge >= 0.3 is 0 Å². The van der Waals surface area contributed by atoms with Crippen LogP contribution < -0.4 is 14.4 Å². The van der Waals surface area contributed by atoms with E-state index in [-0.39, 0.29) is 42.2 Å². The van der Waals surface area contributed by atoms with E-state index in [1.54, 1.807) is 9.47 Å². The number of anilines is 1. The van der Waals surface area contributed by atoms with Crippen molar-refractivity contribution in [1.82, 2.24) is 34.7 Å². The van der Waals surface area contributed by atoms with Crippen LogP contribution in [-0.4, -0.2) is 95.0 Å². The normalized spacial score (nSPS) is 21.5. The smallest absolute Gasteiger partial charge is 0.245 e. The molecule has 0 amide bonds. The van der Waals surface area contributed by atoms with E-state index in [0.29, 0.717) is 32.0 Å². The van der Waals surface area contributed by atoms with Crippen molar-refractivity contribution in [1.29, 1.82) is 0 Å². The van der Waals surface area contributed by atoms with Gasteiger partial charge in [0, 0.05) is 26.3 Å². The molecule has 5 heterocycles. The first-order valence-corrected chi connectivity index (χ1v) is 14.6. The average molecular weight is 579 g/mol. The Balaban J connectivity index is 1.52. The van der Waals surface area contributed by atoms with Crippen molar-refractivity contribution in [3.8, 4) is 17.4 Å². The highest BCUT2D eigenvalue weighted by molar-refractivity contribution is 7.91. The van der Waals surface area contributed by atoms with Crippen LogP contribution in [0.3, 0.4) is 0 Å². The summed E-state index contributed by atoms with van der Waals surface area (Å²) in [5.74, 6) is 0.0761. The molecule has 5 rings (SSSR count). The molecule has 0 saturated carbocycles. The number of ether oxygens (including phenoxy) is 4. The van der Waals surface area contributed by atoms with Crippen molar-refractivity contribution in [2.24, 2.45) is 0 Å². The van der Waals surface area contributed by atoms with Gasteiger partial charge < -0.3 is 23.8 Å². The van der Waals surface area contributed by atoms with Crippen LogP contribution in [0, 0.1) is 5.82 Å². The van der Waals surface area contributed by atoms with E-state index in [9.17, 15) is 12.8 Å². The molecule has 0 N–H and O–H groups in total. The van der Waals surface area contributed by atoms with Crippen LogP contribution in [0.5, 0.6) is 11.8 Å². The Morgan fingerprint density at radius 1 is 1.07 bits per heavy atom. The van der Waals surface area contributed by atoms with Crippen molar-refractivity contribution >= 4 is 15.8 Å². The molecule has 0 bridgehead atoms. The monoisotopic (exact) mass is 578 g/mol. The number of piperidine rings is 1. The van der Waals surface area contributed by atoms with Crippen molar-refractivity contribution in [3.05, 3.63) is 36.2 Å². The molecule has 2 aliphatic rings. The summed E-state index contributed by atoms with van der Waals surface area (Å²) in [6.45, 7) is 3.27. The lowest BCUT2D eigenvalue weighted by atomic mass is 10.1. The fourth-order valence-corrected chi connectivity index (χ4v) is 6.75. The van der Waals surface area contributed by atoms with Gasteiger partial charge in [-0.3, -0.25) is 4.57 Å². The van der Waals surface area contributed by atoms with Crippen molar-refractivity contribution in [2.45, 2.75) is 49.4 Å². The molecule has 0 radical (unpaired) electrons. The van der Waals surface area contributed by atoms with Crippen molar-refractivity contribution in [2.75, 3.05) is 45.4 Å². The third-order valence-electron chi connectivity index (χ3n) is 6.84. The first-order valence-electron chi connectivity index (χ1n) is 12.9. The summed E-state index contributed by atoms with van der Waals surface area (Å²) >= 11 is 0. The van der Waals surface area contributed by atoms with E-state index >= 15 is 0 Å². The summed E-state index contributed by atoms with van der Waals surface area (Å²) in [5.41, 5.74) is 0.283. The number of nitrogens with zero attached hydrogens (tertiary/aromatic N) is 8. The first-order chi connectivity index (χ1) is 19.3. The first kappa shape index (κ1) is 28.0. The van der Waals surface area contributed by atoms with Gasteiger partial charge in [0.2, 0.25) is 17.7 Å². The van der Waals surface area contributed by atoms with Gasteiger partial charge in [0.15, 0.2) is 33.0 Å². The Morgan fingerprint density at radius 2 is 1.80 bits per heavy atom. The molecule has 3 aromatic heterocycles. The van der Waals surface area contributed by atoms with Crippen LogP contribution in [0.1, 0.15) is 43.9 Å². The van der Waals surface area contributed by atoms with Gasteiger partial charge in [0.05, 0.1) is 38.0 Å². The Bertz CT molecular complexity index is 1390. The molecule has 3 aromatic rings. The third kappa shape index (κ3) is 5.69. The van der Waals surface area contributed by atoms with Gasteiger partial charge in [-0.25, -0.2) is 22.8 Å². The molecular weight excluding hydrogens is 547 g/mol. The number of methoxy groups -OCH3 is 2. The van der Waals surface area contributed by atoms with Crippen LogP contribution in [-0.2, 0) is 25.1 Å². The highest BCUT2D eigenvalue weighted by Crippen LogP contribution is 2.36. The fourth-order valence-electron chi connectivity index (χ4n) is 5.05. The number of aromatic nitrogens is 7. The summed E-state index contributed by atoms with van der Waals surface area (Å²) in [7, 11) is -0.966. The van der Waals surface area contributed by atoms with E-state index in [2.05, 4.69) is 30.1 Å². The molecule has 2 aliphatic heterocycles. The number of rotatable bonds is 10. The molecule has 2 saturated heterocycles. The minimum atomic E-state index is -3.85. The number of hydrogen-bond donors (Lipinski definition) is 0. The maximum Gasteiger partial charge on any atom is 0.245 e. The Kier molecular flexibility index (Phi) is 8.37. The van der Waals surface area contributed by atoms with Gasteiger partial charge in [0.25, 0.3) is 0 Å². The second kappa shape index (κ2) is 11.9. The second-order valence-corrected chi connectivity index (χ2v) is 11.7. The number of sulfone groups is 1. The Morgan fingerprint density at radius 3 is 2.42 bits per heavy atom. The SMILES string of the molecule is CCO[C@H]1C[C@H](S(=O)(=O)Cc2nnc([C@@H]3CCCO3)n2-c2c(OC)ncnc2OC)CN(c2ncc(F)cn2)C1. The zero-order chi connectivity index (χ0) is 28.3. The molecule has 0 aliphatic carbocycles. The van der Waals surface area contributed by atoms with Gasteiger partial charge in [-0.1, -0.05) is 0 Å². The quantitative estimate of drug-likeness (QED) is 0.341. The van der Waals surface area contributed by atoms with Gasteiger partial charge in [-0.15, -0.1) is 10.2 Å². The molecule has 14 nitrogen and oxygen atoms in total. The van der Waals surface area contributed by atoms with E-state index < -0.39 is 38.9 Å². The maximum absolute atomic E-state index is 14.0. The summed E-state index contributed by atoms with van der Waals surface area (Å²) in [4.78, 5) is 18.2. The van der Waals surface area contributed by atoms with Gasteiger partial charge in [0.1, 0.15) is 18.2 Å². The lowest BCUT2D eigenvalue weighted by Gasteiger charge is -2.37. The molecule has 3 atom stereocenters. The zero-order valence-corrected chi connectivity index (χ0v) is 23.3. The lowest BCUT2D eigenvalue weighted by Crippen LogP contribution is -2.50. The molecule has 0 spiro atoms. The van der Waals surface area contributed by atoms with Crippen LogP contribution in [0.2, 0.25) is 0 Å². The molecule has 16 heteroatoms. The van der Waals surface area contributed by atoms with Crippen LogP contribution in [0.4, 0.5) is 10.3 Å². The van der Waals surface area contributed by atoms with Crippen LogP contribution >= 0.6 is 0 Å². The lowest BCUT2D eigenvalue weighted by molar-refractivity contribution is 0.0531. The number of halogens is 1. The zero-order valence-electron chi connectivity index (χ0n) is 22.4. The Labute approximate surface area is 230 Å². The molecule has 40 heavy (non-hydrogen) atoms. The molecule has 0 unspecified atom stereocenters. The number of hydrogen-bond acceptors (Lipinski definition) is 13. The van der Waals surface area contributed by atoms with Gasteiger partial charge in [-0.2, -0.15) is 9.97 Å². The topological polar surface area (TPSA) is 157 Å². The fraction of sp³-hybridized carbons (Fsp3) is 0.583. The highest BCUT2D eigenvalue weighted by Gasteiger charge is 2.39. The maximum atomic E-state index is 14.0. The van der Waals surface area contributed by atoms with Crippen molar-refractivity contribution < 1.29 is 31.8 Å². The highest BCUT2D eigenvalue weighted by atomic mass is 32.2.